The molecule has 0 spiro atoms. The summed E-state index contributed by atoms with van der Waals surface area (Å²) in [5.74, 6) is 0. The van der Waals surface area contributed by atoms with Crippen molar-refractivity contribution in [3.63, 3.8) is 0 Å². The van der Waals surface area contributed by atoms with Crippen LogP contribution in [-0.4, -0.2) is 9.94 Å². The van der Waals surface area contributed by atoms with Gasteiger partial charge in [0.2, 0.25) is 0 Å². The van der Waals surface area contributed by atoms with Gasteiger partial charge in [0.05, 0.1) is 5.69 Å². The molecule has 1 aromatic heterocycles. The van der Waals surface area contributed by atoms with Crippen LogP contribution in [-0.2, 0) is 6.42 Å². The van der Waals surface area contributed by atoms with Crippen molar-refractivity contribution in [3.8, 4) is 0 Å². The maximum atomic E-state index is 10.9. The Hall–Kier alpha value is -1.25. The van der Waals surface area contributed by atoms with Gasteiger partial charge in [0.15, 0.2) is 0 Å². The molecule has 0 unspecified atom stereocenters. The minimum atomic E-state index is -0.359. The summed E-state index contributed by atoms with van der Waals surface area (Å²) in [4.78, 5) is 10.9. The van der Waals surface area contributed by atoms with Crippen molar-refractivity contribution in [2.24, 2.45) is 0 Å². The van der Waals surface area contributed by atoms with Crippen molar-refractivity contribution in [1.29, 1.82) is 0 Å². The molecule has 0 saturated heterocycles. The molecule has 1 N–H and O–H groups in total. The Kier molecular flexibility index (Phi) is 1.98. The van der Waals surface area contributed by atoms with Crippen LogP contribution < -0.4 is 5.56 Å². The van der Waals surface area contributed by atoms with Gasteiger partial charge >= 0.3 is 0 Å². The molecule has 0 radical (unpaired) electrons. The fourth-order valence-corrected chi connectivity index (χ4v) is 1.01. The Morgan fingerprint density at radius 3 is 2.73 bits per heavy atom. The zero-order valence-electron chi connectivity index (χ0n) is 6.66. The molecule has 0 aliphatic carbocycles. The molecule has 1 aromatic rings. The number of aromatic nitrogens is 1. The van der Waals surface area contributed by atoms with Crippen LogP contribution in [0.25, 0.3) is 0 Å². The lowest BCUT2D eigenvalue weighted by Gasteiger charge is -2.03. The Labute approximate surface area is 64.9 Å². The van der Waals surface area contributed by atoms with Crippen LogP contribution in [0.5, 0.6) is 0 Å². The summed E-state index contributed by atoms with van der Waals surface area (Å²) in [5, 5.41) is 9.13. The molecule has 0 fully saturated rings. The minimum Gasteiger partial charge on any atom is -0.425 e. The fraction of sp³-hybridized carbons (Fsp3) is 0.375. The van der Waals surface area contributed by atoms with E-state index in [0.29, 0.717) is 16.8 Å². The summed E-state index contributed by atoms with van der Waals surface area (Å²) < 4.78 is 0.688. The van der Waals surface area contributed by atoms with Crippen molar-refractivity contribution in [2.75, 3.05) is 0 Å². The molecule has 60 valence electrons. The predicted octanol–water partition coefficient (Wildman–Crippen LogP) is 0.956. The average Bonchev–Trinajstić information content (AvgIpc) is 1.96. The second-order valence-corrected chi connectivity index (χ2v) is 2.53. The van der Waals surface area contributed by atoms with Crippen LogP contribution in [0.3, 0.4) is 0 Å². The SMILES string of the molecule is CCc1cc(C)cc(=O)n1O. The zero-order chi connectivity index (χ0) is 8.43. The third-order valence-corrected chi connectivity index (χ3v) is 1.59. The molecule has 3 nitrogen and oxygen atoms in total. The summed E-state index contributed by atoms with van der Waals surface area (Å²) in [6.07, 6.45) is 0.660. The van der Waals surface area contributed by atoms with Crippen molar-refractivity contribution in [3.05, 3.63) is 33.7 Å². The van der Waals surface area contributed by atoms with E-state index in [1.807, 2.05) is 13.8 Å². The van der Waals surface area contributed by atoms with E-state index >= 15 is 0 Å². The molecular formula is C8H11NO2. The lowest BCUT2D eigenvalue weighted by Crippen LogP contribution is -2.20. The van der Waals surface area contributed by atoms with Crippen LogP contribution in [0.1, 0.15) is 18.2 Å². The third-order valence-electron chi connectivity index (χ3n) is 1.59. The highest BCUT2D eigenvalue weighted by Crippen LogP contribution is 1.99. The molecule has 1 heterocycles. The number of hydrogen-bond donors (Lipinski definition) is 1. The first-order valence-electron chi connectivity index (χ1n) is 3.57. The Balaban J connectivity index is 3.36. The summed E-state index contributed by atoms with van der Waals surface area (Å²) >= 11 is 0. The van der Waals surface area contributed by atoms with Gasteiger partial charge in [-0.1, -0.05) is 6.92 Å². The van der Waals surface area contributed by atoms with Gasteiger partial charge in [-0.15, -0.1) is 0 Å². The van der Waals surface area contributed by atoms with E-state index in [-0.39, 0.29) is 5.56 Å². The van der Waals surface area contributed by atoms with Gasteiger partial charge in [0.1, 0.15) is 0 Å². The van der Waals surface area contributed by atoms with E-state index < -0.39 is 0 Å². The highest BCUT2D eigenvalue weighted by Gasteiger charge is 1.99. The first kappa shape index (κ1) is 7.85. The van der Waals surface area contributed by atoms with Gasteiger partial charge in [0.25, 0.3) is 5.56 Å². The Morgan fingerprint density at radius 2 is 2.18 bits per heavy atom. The second kappa shape index (κ2) is 2.78. The van der Waals surface area contributed by atoms with Crippen molar-refractivity contribution in [2.45, 2.75) is 20.3 Å². The molecule has 0 aliphatic rings. The quantitative estimate of drug-likeness (QED) is 0.610. The molecular weight excluding hydrogens is 142 g/mol. The van der Waals surface area contributed by atoms with Crippen LogP contribution in [0.15, 0.2) is 16.9 Å². The minimum absolute atomic E-state index is 0.359. The highest BCUT2D eigenvalue weighted by atomic mass is 16.5. The normalized spacial score (nSPS) is 10.0. The summed E-state index contributed by atoms with van der Waals surface area (Å²) in [6.45, 7) is 3.72. The zero-order valence-corrected chi connectivity index (χ0v) is 6.66. The van der Waals surface area contributed by atoms with Gasteiger partial charge < -0.3 is 5.21 Å². The van der Waals surface area contributed by atoms with E-state index in [2.05, 4.69) is 0 Å². The first-order valence-corrected chi connectivity index (χ1v) is 3.57. The molecule has 0 amide bonds. The van der Waals surface area contributed by atoms with E-state index in [1.165, 1.54) is 6.07 Å². The van der Waals surface area contributed by atoms with E-state index in [9.17, 15) is 4.79 Å². The molecule has 0 aliphatic heterocycles. The third kappa shape index (κ3) is 1.42. The van der Waals surface area contributed by atoms with Crippen LogP contribution in [0.4, 0.5) is 0 Å². The van der Waals surface area contributed by atoms with Gasteiger partial charge in [-0.25, -0.2) is 0 Å². The van der Waals surface area contributed by atoms with Crippen LogP contribution in [0, 0.1) is 6.92 Å². The van der Waals surface area contributed by atoms with Crippen LogP contribution in [0.2, 0.25) is 0 Å². The fourth-order valence-electron chi connectivity index (χ4n) is 1.01. The molecule has 0 bridgehead atoms. The van der Waals surface area contributed by atoms with Gasteiger partial charge in [-0.05, 0) is 25.0 Å². The second-order valence-electron chi connectivity index (χ2n) is 2.53. The molecule has 0 atom stereocenters. The molecule has 0 saturated carbocycles. The standard InChI is InChI=1S/C8H11NO2/c1-3-7-4-6(2)5-8(10)9(7)11/h4-5,11H,3H2,1-2H3. The smallest absolute Gasteiger partial charge is 0.283 e. The Bertz CT molecular complexity index is 314. The number of pyridine rings is 1. The number of aryl methyl sites for hydroxylation is 2. The summed E-state index contributed by atoms with van der Waals surface area (Å²) in [5.41, 5.74) is 1.18. The topological polar surface area (TPSA) is 42.2 Å². The monoisotopic (exact) mass is 153 g/mol. The summed E-state index contributed by atoms with van der Waals surface area (Å²) in [7, 11) is 0. The summed E-state index contributed by atoms with van der Waals surface area (Å²) in [6, 6.07) is 3.20. The molecule has 11 heavy (non-hydrogen) atoms. The number of nitrogens with zero attached hydrogens (tertiary/aromatic N) is 1. The largest absolute Gasteiger partial charge is 0.425 e. The highest BCUT2D eigenvalue weighted by molar-refractivity contribution is 5.15. The van der Waals surface area contributed by atoms with Crippen LogP contribution >= 0.6 is 0 Å². The van der Waals surface area contributed by atoms with Gasteiger partial charge in [0, 0.05) is 6.07 Å². The average molecular weight is 153 g/mol. The predicted molar refractivity (Wildman–Crippen MR) is 42.0 cm³/mol. The molecule has 1 rings (SSSR count). The molecule has 0 aromatic carbocycles. The van der Waals surface area contributed by atoms with E-state index in [0.717, 1.165) is 5.56 Å². The van der Waals surface area contributed by atoms with E-state index in [4.69, 9.17) is 5.21 Å². The van der Waals surface area contributed by atoms with E-state index in [1.54, 1.807) is 6.07 Å². The van der Waals surface area contributed by atoms with Crippen molar-refractivity contribution >= 4 is 0 Å². The maximum absolute atomic E-state index is 10.9. The maximum Gasteiger partial charge on any atom is 0.283 e. The lowest BCUT2D eigenvalue weighted by atomic mass is 10.2. The van der Waals surface area contributed by atoms with Crippen molar-refractivity contribution in [1.82, 2.24) is 4.73 Å². The number of rotatable bonds is 1. The Morgan fingerprint density at radius 1 is 1.55 bits per heavy atom. The number of hydrogen-bond acceptors (Lipinski definition) is 2. The van der Waals surface area contributed by atoms with Crippen molar-refractivity contribution < 1.29 is 5.21 Å². The molecule has 3 heteroatoms. The lowest BCUT2D eigenvalue weighted by molar-refractivity contribution is 0.165. The van der Waals surface area contributed by atoms with Gasteiger partial charge in [-0.3, -0.25) is 4.79 Å². The first-order chi connectivity index (χ1) is 5.15. The van der Waals surface area contributed by atoms with Gasteiger partial charge in [-0.2, -0.15) is 4.73 Å².